The van der Waals surface area contributed by atoms with E-state index < -0.39 is 11.5 Å². The maximum absolute atomic E-state index is 11.0. The number of rotatable bonds is 5. The molecular weight excluding hydrogens is 234 g/mol. The van der Waals surface area contributed by atoms with Gasteiger partial charge in [0.25, 0.3) is 0 Å². The molecule has 0 amide bonds. The number of aliphatic carboxylic acids is 1. The zero-order valence-electron chi connectivity index (χ0n) is 10.6. The second-order valence-electron chi connectivity index (χ2n) is 4.81. The number of phenolic OH excluding ortho intramolecular Hbond substituents is 2. The SMILES string of the molecule is CCC(CC(C)(N)C(=O)O)c1cc(O)cc(O)c1. The van der Waals surface area contributed by atoms with Gasteiger partial charge in [0, 0.05) is 6.07 Å². The monoisotopic (exact) mass is 253 g/mol. The summed E-state index contributed by atoms with van der Waals surface area (Å²) < 4.78 is 0. The second-order valence-corrected chi connectivity index (χ2v) is 4.81. The van der Waals surface area contributed by atoms with Gasteiger partial charge in [0.15, 0.2) is 0 Å². The van der Waals surface area contributed by atoms with Gasteiger partial charge >= 0.3 is 5.97 Å². The Morgan fingerprint density at radius 3 is 2.22 bits per heavy atom. The maximum atomic E-state index is 11.0. The zero-order valence-corrected chi connectivity index (χ0v) is 10.6. The lowest BCUT2D eigenvalue weighted by atomic mass is 9.83. The van der Waals surface area contributed by atoms with E-state index in [4.69, 9.17) is 10.8 Å². The summed E-state index contributed by atoms with van der Waals surface area (Å²) in [6, 6.07) is 4.27. The number of phenols is 2. The van der Waals surface area contributed by atoms with Gasteiger partial charge in [-0.2, -0.15) is 0 Å². The Kier molecular flexibility index (Phi) is 4.19. The Balaban J connectivity index is 3.00. The molecule has 5 heteroatoms. The van der Waals surface area contributed by atoms with Crippen LogP contribution >= 0.6 is 0 Å². The molecule has 0 radical (unpaired) electrons. The molecule has 0 saturated carbocycles. The summed E-state index contributed by atoms with van der Waals surface area (Å²) in [5.74, 6) is -1.28. The third-order valence-corrected chi connectivity index (χ3v) is 3.05. The highest BCUT2D eigenvalue weighted by molar-refractivity contribution is 5.77. The first-order chi connectivity index (χ1) is 8.26. The maximum Gasteiger partial charge on any atom is 0.323 e. The Labute approximate surface area is 106 Å². The number of nitrogens with two attached hydrogens (primary N) is 1. The summed E-state index contributed by atoms with van der Waals surface area (Å²) in [5.41, 5.74) is 5.08. The molecule has 100 valence electrons. The van der Waals surface area contributed by atoms with E-state index in [1.807, 2.05) is 6.92 Å². The molecule has 0 heterocycles. The topological polar surface area (TPSA) is 104 Å². The van der Waals surface area contributed by atoms with Gasteiger partial charge in [-0.15, -0.1) is 0 Å². The van der Waals surface area contributed by atoms with Crippen molar-refractivity contribution in [2.75, 3.05) is 0 Å². The number of hydrogen-bond donors (Lipinski definition) is 4. The zero-order chi connectivity index (χ0) is 13.9. The molecule has 5 N–H and O–H groups in total. The van der Waals surface area contributed by atoms with Crippen LogP contribution in [0.25, 0.3) is 0 Å². The van der Waals surface area contributed by atoms with Crippen molar-refractivity contribution in [2.24, 2.45) is 5.73 Å². The minimum Gasteiger partial charge on any atom is -0.508 e. The third-order valence-electron chi connectivity index (χ3n) is 3.05. The molecule has 0 spiro atoms. The molecule has 1 rings (SSSR count). The molecule has 1 aromatic carbocycles. The fraction of sp³-hybridized carbons (Fsp3) is 0.462. The highest BCUT2D eigenvalue weighted by atomic mass is 16.4. The fourth-order valence-corrected chi connectivity index (χ4v) is 1.95. The van der Waals surface area contributed by atoms with Crippen LogP contribution in [0.1, 0.15) is 38.2 Å². The molecule has 0 bridgehead atoms. The number of carbonyl (C=O) groups is 1. The Bertz CT molecular complexity index is 422. The van der Waals surface area contributed by atoms with Crippen LogP contribution in [0, 0.1) is 0 Å². The molecule has 2 atom stereocenters. The molecule has 2 unspecified atom stereocenters. The van der Waals surface area contributed by atoms with Crippen LogP contribution in [0.2, 0.25) is 0 Å². The van der Waals surface area contributed by atoms with Crippen molar-refractivity contribution in [2.45, 2.75) is 38.1 Å². The minimum atomic E-state index is -1.33. The van der Waals surface area contributed by atoms with E-state index in [0.29, 0.717) is 12.0 Å². The van der Waals surface area contributed by atoms with Gasteiger partial charge in [0.05, 0.1) is 0 Å². The largest absolute Gasteiger partial charge is 0.508 e. The van der Waals surface area contributed by atoms with Gasteiger partial charge in [0.2, 0.25) is 0 Å². The van der Waals surface area contributed by atoms with Crippen molar-refractivity contribution in [1.82, 2.24) is 0 Å². The van der Waals surface area contributed by atoms with E-state index in [0.717, 1.165) is 0 Å². The van der Waals surface area contributed by atoms with Crippen LogP contribution < -0.4 is 5.73 Å². The molecule has 5 nitrogen and oxygen atoms in total. The van der Waals surface area contributed by atoms with Gasteiger partial charge in [-0.05, 0) is 43.4 Å². The van der Waals surface area contributed by atoms with Crippen LogP contribution in [-0.2, 0) is 4.79 Å². The minimum absolute atomic E-state index is 0.0440. The van der Waals surface area contributed by atoms with E-state index in [1.54, 1.807) is 0 Å². The van der Waals surface area contributed by atoms with Crippen molar-refractivity contribution in [1.29, 1.82) is 0 Å². The van der Waals surface area contributed by atoms with Gasteiger partial charge in [-0.25, -0.2) is 0 Å². The van der Waals surface area contributed by atoms with E-state index in [2.05, 4.69) is 0 Å². The van der Waals surface area contributed by atoms with Crippen LogP contribution in [-0.4, -0.2) is 26.8 Å². The Morgan fingerprint density at radius 2 is 1.83 bits per heavy atom. The molecular formula is C13H19NO4. The number of benzene rings is 1. The summed E-state index contributed by atoms with van der Waals surface area (Å²) in [6.07, 6.45) is 0.907. The van der Waals surface area contributed by atoms with Gasteiger partial charge in [-0.1, -0.05) is 6.92 Å². The van der Waals surface area contributed by atoms with Crippen LogP contribution in [0.5, 0.6) is 11.5 Å². The van der Waals surface area contributed by atoms with E-state index in [9.17, 15) is 15.0 Å². The van der Waals surface area contributed by atoms with E-state index in [1.165, 1.54) is 25.1 Å². The number of hydrogen-bond acceptors (Lipinski definition) is 4. The highest BCUT2D eigenvalue weighted by Gasteiger charge is 2.31. The standard InChI is InChI=1S/C13H19NO4/c1-3-8(7-13(2,14)12(17)18)9-4-10(15)6-11(16)5-9/h4-6,8,15-16H,3,7,14H2,1-2H3,(H,17,18). The molecule has 0 aliphatic heterocycles. The second kappa shape index (κ2) is 5.27. The smallest absolute Gasteiger partial charge is 0.323 e. The van der Waals surface area contributed by atoms with Crippen molar-refractivity contribution >= 4 is 5.97 Å². The average Bonchev–Trinajstić information content (AvgIpc) is 2.24. The fourth-order valence-electron chi connectivity index (χ4n) is 1.95. The molecule has 0 saturated heterocycles. The lowest BCUT2D eigenvalue weighted by molar-refractivity contribution is -0.143. The summed E-state index contributed by atoms with van der Waals surface area (Å²) in [7, 11) is 0. The van der Waals surface area contributed by atoms with E-state index in [-0.39, 0.29) is 23.8 Å². The van der Waals surface area contributed by atoms with Crippen molar-refractivity contribution in [3.05, 3.63) is 23.8 Å². The van der Waals surface area contributed by atoms with Gasteiger partial charge < -0.3 is 21.1 Å². The molecule has 0 aliphatic carbocycles. The van der Waals surface area contributed by atoms with Crippen molar-refractivity contribution in [3.8, 4) is 11.5 Å². The van der Waals surface area contributed by atoms with E-state index >= 15 is 0 Å². The Hall–Kier alpha value is -1.75. The predicted octanol–water partition coefficient (Wildman–Crippen LogP) is 1.78. The normalized spacial score (nSPS) is 15.9. The Morgan fingerprint density at radius 1 is 1.33 bits per heavy atom. The lowest BCUT2D eigenvalue weighted by Crippen LogP contribution is -2.45. The molecule has 0 aromatic heterocycles. The predicted molar refractivity (Wildman–Crippen MR) is 67.6 cm³/mol. The third kappa shape index (κ3) is 3.37. The summed E-state index contributed by atoms with van der Waals surface area (Å²) in [5, 5.41) is 27.9. The summed E-state index contributed by atoms with van der Waals surface area (Å²) in [6.45, 7) is 3.37. The number of carboxylic acids is 1. The number of carboxylic acid groups (broad SMARTS) is 1. The number of aromatic hydroxyl groups is 2. The highest BCUT2D eigenvalue weighted by Crippen LogP contribution is 2.32. The van der Waals surface area contributed by atoms with Crippen molar-refractivity contribution in [3.63, 3.8) is 0 Å². The summed E-state index contributed by atoms with van der Waals surface area (Å²) >= 11 is 0. The molecule has 0 fully saturated rings. The average molecular weight is 253 g/mol. The quantitative estimate of drug-likeness (QED) is 0.640. The van der Waals surface area contributed by atoms with Crippen molar-refractivity contribution < 1.29 is 20.1 Å². The molecule has 18 heavy (non-hydrogen) atoms. The summed E-state index contributed by atoms with van der Waals surface area (Å²) in [4.78, 5) is 11.0. The first kappa shape index (κ1) is 14.3. The van der Waals surface area contributed by atoms with Gasteiger partial charge in [0.1, 0.15) is 17.0 Å². The molecule has 0 aliphatic rings. The van der Waals surface area contributed by atoms with Crippen LogP contribution in [0.3, 0.4) is 0 Å². The van der Waals surface area contributed by atoms with Crippen LogP contribution in [0.15, 0.2) is 18.2 Å². The first-order valence-corrected chi connectivity index (χ1v) is 5.81. The lowest BCUT2D eigenvalue weighted by Gasteiger charge is -2.25. The first-order valence-electron chi connectivity index (χ1n) is 5.81. The molecule has 1 aromatic rings. The van der Waals surface area contributed by atoms with Gasteiger partial charge in [-0.3, -0.25) is 4.79 Å². The van der Waals surface area contributed by atoms with Crippen LogP contribution in [0.4, 0.5) is 0 Å².